The lowest BCUT2D eigenvalue weighted by molar-refractivity contribution is -0.164. The molecule has 0 spiro atoms. The Morgan fingerprint density at radius 1 is 1.00 bits per heavy atom. The molecule has 2 aromatic rings. The second-order valence-corrected chi connectivity index (χ2v) is 7.31. The molecule has 0 radical (unpaired) electrons. The highest BCUT2D eigenvalue weighted by Gasteiger charge is 2.53. The summed E-state index contributed by atoms with van der Waals surface area (Å²) in [5.41, 5.74) is 2.43. The fourth-order valence-corrected chi connectivity index (χ4v) is 4.21. The van der Waals surface area contributed by atoms with Gasteiger partial charge >= 0.3 is 0 Å². The lowest BCUT2D eigenvalue weighted by Crippen LogP contribution is -2.43. The molecule has 2 heterocycles. The number of aliphatic hydroxyl groups is 1. The zero-order chi connectivity index (χ0) is 17.4. The Bertz CT molecular complexity index is 664. The molecule has 0 unspecified atom stereocenters. The van der Waals surface area contributed by atoms with E-state index in [9.17, 15) is 5.11 Å². The van der Waals surface area contributed by atoms with Gasteiger partial charge in [0, 0.05) is 6.54 Å². The standard InChI is InChI=1S/C21H25NO3/c1-21(2)24-18-13-22(17(14-23)20(18)25-21)19(15-9-5-3-6-10-15)16-11-7-4-8-12-16/h3-12,17-20,23H,13-14H2,1-2H3/t17-,18+,20-/m1/s1. The summed E-state index contributed by atoms with van der Waals surface area (Å²) in [4.78, 5) is 2.33. The maximum absolute atomic E-state index is 10.1. The molecular weight excluding hydrogens is 314 g/mol. The number of benzene rings is 2. The molecule has 4 rings (SSSR count). The zero-order valence-corrected chi connectivity index (χ0v) is 14.7. The summed E-state index contributed by atoms with van der Waals surface area (Å²) in [6, 6.07) is 20.9. The van der Waals surface area contributed by atoms with Crippen LogP contribution in [0.2, 0.25) is 0 Å². The SMILES string of the molecule is CC1(C)O[C@H]2[C@H](CN(C(c3ccccc3)c3ccccc3)[C@@H]2CO)O1. The molecule has 25 heavy (non-hydrogen) atoms. The van der Waals surface area contributed by atoms with Crippen molar-refractivity contribution in [3.05, 3.63) is 71.8 Å². The number of aliphatic hydroxyl groups excluding tert-OH is 1. The highest BCUT2D eigenvalue weighted by atomic mass is 16.8. The molecule has 0 aliphatic carbocycles. The summed E-state index contributed by atoms with van der Waals surface area (Å²) in [5.74, 6) is -0.580. The predicted molar refractivity (Wildman–Crippen MR) is 96.1 cm³/mol. The fourth-order valence-electron chi connectivity index (χ4n) is 4.21. The molecule has 2 fully saturated rings. The first-order valence-corrected chi connectivity index (χ1v) is 8.91. The van der Waals surface area contributed by atoms with E-state index in [1.807, 2.05) is 26.0 Å². The maximum Gasteiger partial charge on any atom is 0.163 e. The minimum absolute atomic E-state index is 0.0120. The van der Waals surface area contributed by atoms with E-state index in [2.05, 4.69) is 53.4 Å². The second kappa shape index (κ2) is 6.54. The smallest absolute Gasteiger partial charge is 0.163 e. The van der Waals surface area contributed by atoms with Crippen molar-refractivity contribution in [3.8, 4) is 0 Å². The first kappa shape index (κ1) is 16.7. The Morgan fingerprint density at radius 3 is 2.08 bits per heavy atom. The number of ether oxygens (including phenoxy) is 2. The Labute approximate surface area is 149 Å². The first-order valence-electron chi connectivity index (χ1n) is 8.91. The van der Waals surface area contributed by atoms with Gasteiger partial charge in [-0.2, -0.15) is 0 Å². The van der Waals surface area contributed by atoms with Gasteiger partial charge in [-0.05, 0) is 25.0 Å². The van der Waals surface area contributed by atoms with Crippen LogP contribution in [0.15, 0.2) is 60.7 Å². The van der Waals surface area contributed by atoms with Crippen molar-refractivity contribution in [2.24, 2.45) is 0 Å². The van der Waals surface area contributed by atoms with Crippen molar-refractivity contribution in [2.45, 2.75) is 43.9 Å². The minimum atomic E-state index is -0.580. The van der Waals surface area contributed by atoms with Gasteiger partial charge in [0.1, 0.15) is 12.2 Å². The van der Waals surface area contributed by atoms with Gasteiger partial charge in [0.2, 0.25) is 0 Å². The van der Waals surface area contributed by atoms with E-state index in [1.54, 1.807) is 0 Å². The third kappa shape index (κ3) is 3.11. The summed E-state index contributed by atoms with van der Waals surface area (Å²) in [7, 11) is 0. The third-order valence-electron chi connectivity index (χ3n) is 5.17. The average molecular weight is 339 g/mol. The van der Waals surface area contributed by atoms with Crippen LogP contribution in [-0.4, -0.2) is 47.2 Å². The van der Waals surface area contributed by atoms with E-state index in [-0.39, 0.29) is 30.9 Å². The van der Waals surface area contributed by atoms with Gasteiger partial charge < -0.3 is 14.6 Å². The number of nitrogens with zero attached hydrogens (tertiary/aromatic N) is 1. The van der Waals surface area contributed by atoms with Crippen LogP contribution < -0.4 is 0 Å². The molecule has 2 aliphatic rings. The topological polar surface area (TPSA) is 41.9 Å². The van der Waals surface area contributed by atoms with Gasteiger partial charge in [-0.25, -0.2) is 0 Å². The van der Waals surface area contributed by atoms with E-state index in [1.165, 1.54) is 11.1 Å². The average Bonchev–Trinajstić information content (AvgIpc) is 3.08. The van der Waals surface area contributed by atoms with Gasteiger partial charge in [-0.15, -0.1) is 0 Å². The van der Waals surface area contributed by atoms with Crippen molar-refractivity contribution >= 4 is 0 Å². The van der Waals surface area contributed by atoms with E-state index >= 15 is 0 Å². The van der Waals surface area contributed by atoms with Crippen LogP contribution in [0.1, 0.15) is 31.0 Å². The van der Waals surface area contributed by atoms with Crippen LogP contribution in [0.3, 0.4) is 0 Å². The maximum atomic E-state index is 10.1. The number of hydrogen-bond acceptors (Lipinski definition) is 4. The van der Waals surface area contributed by atoms with Crippen LogP contribution >= 0.6 is 0 Å². The van der Waals surface area contributed by atoms with E-state index in [0.29, 0.717) is 0 Å². The molecule has 4 heteroatoms. The van der Waals surface area contributed by atoms with Crippen molar-refractivity contribution < 1.29 is 14.6 Å². The number of rotatable bonds is 4. The van der Waals surface area contributed by atoms with Crippen LogP contribution in [0.5, 0.6) is 0 Å². The molecule has 2 saturated heterocycles. The van der Waals surface area contributed by atoms with Crippen molar-refractivity contribution in [2.75, 3.05) is 13.2 Å². The van der Waals surface area contributed by atoms with Crippen molar-refractivity contribution in [1.29, 1.82) is 0 Å². The summed E-state index contributed by atoms with van der Waals surface area (Å²) in [5, 5.41) is 10.1. The van der Waals surface area contributed by atoms with Crippen LogP contribution in [0, 0.1) is 0 Å². The first-order chi connectivity index (χ1) is 12.1. The van der Waals surface area contributed by atoms with Crippen molar-refractivity contribution in [1.82, 2.24) is 4.90 Å². The monoisotopic (exact) mass is 339 g/mol. The van der Waals surface area contributed by atoms with Gasteiger partial charge in [0.25, 0.3) is 0 Å². The second-order valence-electron chi connectivity index (χ2n) is 7.31. The summed E-state index contributed by atoms with van der Waals surface area (Å²) < 4.78 is 12.2. The Balaban J connectivity index is 1.71. The number of fused-ring (bicyclic) bond motifs is 1. The largest absolute Gasteiger partial charge is 0.395 e. The highest BCUT2D eigenvalue weighted by molar-refractivity contribution is 5.33. The van der Waals surface area contributed by atoms with Gasteiger partial charge in [0.05, 0.1) is 18.7 Å². The molecule has 0 amide bonds. The van der Waals surface area contributed by atoms with E-state index in [4.69, 9.17) is 9.47 Å². The summed E-state index contributed by atoms with van der Waals surface area (Å²) >= 11 is 0. The Kier molecular flexibility index (Phi) is 4.38. The molecule has 4 nitrogen and oxygen atoms in total. The molecule has 2 aliphatic heterocycles. The number of hydrogen-bond donors (Lipinski definition) is 1. The zero-order valence-electron chi connectivity index (χ0n) is 14.7. The molecule has 1 N–H and O–H groups in total. The fraction of sp³-hybridized carbons (Fsp3) is 0.429. The van der Waals surface area contributed by atoms with Crippen LogP contribution in [0.4, 0.5) is 0 Å². The minimum Gasteiger partial charge on any atom is -0.395 e. The van der Waals surface area contributed by atoms with Crippen LogP contribution in [-0.2, 0) is 9.47 Å². The molecule has 132 valence electrons. The van der Waals surface area contributed by atoms with Gasteiger partial charge in [-0.3, -0.25) is 4.90 Å². The highest BCUT2D eigenvalue weighted by Crippen LogP contribution is 2.42. The Hall–Kier alpha value is -1.72. The molecule has 2 aromatic carbocycles. The Morgan fingerprint density at radius 2 is 1.56 bits per heavy atom. The predicted octanol–water partition coefficient (Wildman–Crippen LogP) is 2.97. The quantitative estimate of drug-likeness (QED) is 0.930. The number of likely N-dealkylation sites (tertiary alicyclic amines) is 1. The summed E-state index contributed by atoms with van der Waals surface area (Å²) in [6.45, 7) is 4.68. The van der Waals surface area contributed by atoms with Gasteiger partial charge in [0.15, 0.2) is 5.79 Å². The molecule has 0 bridgehead atoms. The third-order valence-corrected chi connectivity index (χ3v) is 5.17. The molecule has 0 aromatic heterocycles. The lowest BCUT2D eigenvalue weighted by atomic mass is 9.96. The van der Waals surface area contributed by atoms with Crippen LogP contribution in [0.25, 0.3) is 0 Å². The summed E-state index contributed by atoms with van der Waals surface area (Å²) in [6.07, 6.45) is -0.114. The van der Waals surface area contributed by atoms with Gasteiger partial charge in [-0.1, -0.05) is 60.7 Å². The molecular formula is C21H25NO3. The van der Waals surface area contributed by atoms with E-state index < -0.39 is 5.79 Å². The normalized spacial score (nSPS) is 28.4. The van der Waals surface area contributed by atoms with E-state index in [0.717, 1.165) is 6.54 Å². The molecule has 0 saturated carbocycles. The lowest BCUT2D eigenvalue weighted by Gasteiger charge is -2.35. The van der Waals surface area contributed by atoms with Crippen molar-refractivity contribution in [3.63, 3.8) is 0 Å². The molecule has 3 atom stereocenters.